The molecule has 1 aromatic heterocycles. The Bertz CT molecular complexity index is 1060. The van der Waals surface area contributed by atoms with Crippen molar-refractivity contribution in [2.24, 2.45) is 0 Å². The molecule has 1 saturated heterocycles. The monoisotopic (exact) mass is 451 g/mol. The summed E-state index contributed by atoms with van der Waals surface area (Å²) in [5.41, 5.74) is 2.63. The average Bonchev–Trinajstić information content (AvgIpc) is 3.28. The lowest BCUT2D eigenvalue weighted by Crippen LogP contribution is -2.40. The van der Waals surface area contributed by atoms with Gasteiger partial charge in [-0.2, -0.15) is 0 Å². The molecule has 32 heavy (non-hydrogen) atoms. The number of carbonyl (C=O) groups is 2. The summed E-state index contributed by atoms with van der Waals surface area (Å²) in [6.07, 6.45) is 1.50. The molecule has 0 unspecified atom stereocenters. The van der Waals surface area contributed by atoms with Gasteiger partial charge in [-0.3, -0.25) is 4.79 Å². The maximum atomic E-state index is 12.4. The SMILES string of the molecule is Cc1cccc(NC(=O)CSc2nnc(C3CCN(C(=O)Nc4ccccc4)CC3)o2)c1. The molecule has 166 valence electrons. The van der Waals surface area contributed by atoms with Crippen molar-refractivity contribution in [2.45, 2.75) is 30.9 Å². The maximum absolute atomic E-state index is 12.4. The molecule has 2 heterocycles. The molecule has 9 heteroatoms. The summed E-state index contributed by atoms with van der Waals surface area (Å²) >= 11 is 1.22. The third-order valence-electron chi connectivity index (χ3n) is 5.21. The summed E-state index contributed by atoms with van der Waals surface area (Å²) in [4.78, 5) is 26.4. The van der Waals surface area contributed by atoms with E-state index in [-0.39, 0.29) is 23.6 Å². The summed E-state index contributed by atoms with van der Waals surface area (Å²) in [6.45, 7) is 3.21. The molecule has 0 spiro atoms. The Morgan fingerprint density at radius 2 is 1.78 bits per heavy atom. The van der Waals surface area contributed by atoms with E-state index >= 15 is 0 Å². The number of amides is 3. The molecule has 0 radical (unpaired) electrons. The molecule has 0 aliphatic carbocycles. The highest BCUT2D eigenvalue weighted by molar-refractivity contribution is 7.99. The Kier molecular flexibility index (Phi) is 7.06. The van der Waals surface area contributed by atoms with Gasteiger partial charge in [-0.05, 0) is 49.6 Å². The zero-order chi connectivity index (χ0) is 22.3. The summed E-state index contributed by atoms with van der Waals surface area (Å²) in [6, 6.07) is 17.0. The van der Waals surface area contributed by atoms with Crippen molar-refractivity contribution in [1.82, 2.24) is 15.1 Å². The number of nitrogens with one attached hydrogen (secondary N) is 2. The number of rotatable bonds is 6. The predicted octanol–water partition coefficient (Wildman–Crippen LogP) is 4.52. The molecule has 8 nitrogen and oxygen atoms in total. The highest BCUT2D eigenvalue weighted by atomic mass is 32.2. The van der Waals surface area contributed by atoms with E-state index in [0.29, 0.717) is 24.2 Å². The summed E-state index contributed by atoms with van der Waals surface area (Å²) in [5.74, 6) is 0.736. The van der Waals surface area contributed by atoms with Gasteiger partial charge in [0.1, 0.15) is 0 Å². The van der Waals surface area contributed by atoms with Crippen molar-refractivity contribution in [1.29, 1.82) is 0 Å². The largest absolute Gasteiger partial charge is 0.416 e. The first-order chi connectivity index (χ1) is 15.6. The van der Waals surface area contributed by atoms with Gasteiger partial charge in [0, 0.05) is 30.4 Å². The molecule has 2 aromatic carbocycles. The van der Waals surface area contributed by atoms with Crippen molar-refractivity contribution in [3.8, 4) is 0 Å². The van der Waals surface area contributed by atoms with Crippen molar-refractivity contribution >= 4 is 35.1 Å². The van der Waals surface area contributed by atoms with E-state index in [1.807, 2.05) is 61.5 Å². The first-order valence-electron chi connectivity index (χ1n) is 10.5. The highest BCUT2D eigenvalue weighted by Gasteiger charge is 2.27. The van der Waals surface area contributed by atoms with Gasteiger partial charge >= 0.3 is 6.03 Å². The van der Waals surface area contributed by atoms with Crippen LogP contribution in [0.3, 0.4) is 0 Å². The van der Waals surface area contributed by atoms with Crippen LogP contribution in [0.2, 0.25) is 0 Å². The first-order valence-corrected chi connectivity index (χ1v) is 11.5. The number of benzene rings is 2. The van der Waals surface area contributed by atoms with Gasteiger partial charge in [0.15, 0.2) is 0 Å². The van der Waals surface area contributed by atoms with Gasteiger partial charge in [-0.1, -0.05) is 42.1 Å². The minimum Gasteiger partial charge on any atom is -0.416 e. The minimum absolute atomic E-state index is 0.101. The van der Waals surface area contributed by atoms with Crippen LogP contribution in [0.1, 0.15) is 30.2 Å². The fraction of sp³-hybridized carbons (Fsp3) is 0.304. The van der Waals surface area contributed by atoms with E-state index in [4.69, 9.17) is 4.42 Å². The van der Waals surface area contributed by atoms with E-state index in [9.17, 15) is 9.59 Å². The summed E-state index contributed by atoms with van der Waals surface area (Å²) in [5, 5.41) is 14.4. The molecule has 3 amide bonds. The number of thioether (sulfide) groups is 1. The number of para-hydroxylation sites is 1. The van der Waals surface area contributed by atoms with Crippen LogP contribution in [-0.2, 0) is 4.79 Å². The molecule has 1 aliphatic heterocycles. The van der Waals surface area contributed by atoms with Gasteiger partial charge in [-0.15, -0.1) is 10.2 Å². The number of likely N-dealkylation sites (tertiary alicyclic amines) is 1. The molecule has 1 aliphatic rings. The second-order valence-corrected chi connectivity index (χ2v) is 8.60. The Hall–Kier alpha value is -3.33. The van der Waals surface area contributed by atoms with Gasteiger partial charge in [0.25, 0.3) is 5.22 Å². The van der Waals surface area contributed by atoms with Crippen LogP contribution in [0.15, 0.2) is 64.2 Å². The van der Waals surface area contributed by atoms with Gasteiger partial charge in [0.2, 0.25) is 11.8 Å². The lowest BCUT2D eigenvalue weighted by atomic mass is 9.97. The van der Waals surface area contributed by atoms with Gasteiger partial charge in [0.05, 0.1) is 5.75 Å². The molecule has 4 rings (SSSR count). The molecule has 2 N–H and O–H groups in total. The highest BCUT2D eigenvalue weighted by Crippen LogP contribution is 2.29. The van der Waals surface area contributed by atoms with Crippen LogP contribution in [0, 0.1) is 6.92 Å². The van der Waals surface area contributed by atoms with Crippen LogP contribution in [0.4, 0.5) is 16.2 Å². The van der Waals surface area contributed by atoms with Crippen LogP contribution in [-0.4, -0.2) is 45.9 Å². The van der Waals surface area contributed by atoms with E-state index in [0.717, 1.165) is 29.8 Å². The number of carbonyl (C=O) groups excluding carboxylic acids is 2. The third kappa shape index (κ3) is 5.88. The summed E-state index contributed by atoms with van der Waals surface area (Å²) < 4.78 is 5.78. The lowest BCUT2D eigenvalue weighted by molar-refractivity contribution is -0.113. The van der Waals surface area contributed by atoms with Crippen molar-refractivity contribution in [3.05, 3.63) is 66.1 Å². The molecule has 0 saturated carbocycles. The minimum atomic E-state index is -0.127. The number of nitrogens with zero attached hydrogens (tertiary/aromatic N) is 3. The van der Waals surface area contributed by atoms with Crippen molar-refractivity contribution in [2.75, 3.05) is 29.5 Å². The standard InChI is InChI=1S/C23H25N5O3S/c1-16-6-5-9-19(14-16)24-20(29)15-32-23-27-26-21(31-23)17-10-12-28(13-11-17)22(30)25-18-7-3-2-4-8-18/h2-9,14,17H,10-13,15H2,1H3,(H,24,29)(H,25,30). The van der Waals surface area contributed by atoms with Gasteiger partial charge < -0.3 is 20.0 Å². The molecule has 1 fully saturated rings. The molecular weight excluding hydrogens is 426 g/mol. The Morgan fingerprint density at radius 1 is 1.03 bits per heavy atom. The number of hydrogen-bond donors (Lipinski definition) is 2. The predicted molar refractivity (Wildman–Crippen MR) is 124 cm³/mol. The maximum Gasteiger partial charge on any atom is 0.321 e. The Labute approximate surface area is 190 Å². The Balaban J connectivity index is 1.23. The number of aromatic nitrogens is 2. The second-order valence-electron chi connectivity index (χ2n) is 7.67. The number of hydrogen-bond acceptors (Lipinski definition) is 6. The van der Waals surface area contributed by atoms with Crippen molar-refractivity contribution in [3.63, 3.8) is 0 Å². The molecule has 0 atom stereocenters. The van der Waals surface area contributed by atoms with E-state index < -0.39 is 0 Å². The fourth-order valence-electron chi connectivity index (χ4n) is 3.54. The van der Waals surface area contributed by atoms with Crippen LogP contribution in [0.5, 0.6) is 0 Å². The molecule has 0 bridgehead atoms. The zero-order valence-corrected chi connectivity index (χ0v) is 18.6. The van der Waals surface area contributed by atoms with E-state index in [1.165, 1.54) is 11.8 Å². The van der Waals surface area contributed by atoms with Crippen LogP contribution >= 0.6 is 11.8 Å². The summed E-state index contributed by atoms with van der Waals surface area (Å²) in [7, 11) is 0. The first kappa shape index (κ1) is 21.9. The van der Waals surface area contributed by atoms with E-state index in [1.54, 1.807) is 4.90 Å². The third-order valence-corrected chi connectivity index (χ3v) is 6.03. The smallest absolute Gasteiger partial charge is 0.321 e. The zero-order valence-electron chi connectivity index (χ0n) is 17.8. The number of anilines is 2. The Morgan fingerprint density at radius 3 is 2.53 bits per heavy atom. The number of aryl methyl sites for hydroxylation is 1. The fourth-order valence-corrected chi connectivity index (χ4v) is 4.11. The van der Waals surface area contributed by atoms with Crippen LogP contribution < -0.4 is 10.6 Å². The van der Waals surface area contributed by atoms with Crippen LogP contribution in [0.25, 0.3) is 0 Å². The van der Waals surface area contributed by atoms with Crippen molar-refractivity contribution < 1.29 is 14.0 Å². The molecule has 3 aromatic rings. The van der Waals surface area contributed by atoms with E-state index in [2.05, 4.69) is 20.8 Å². The lowest BCUT2D eigenvalue weighted by Gasteiger charge is -2.30. The normalized spacial score (nSPS) is 14.2. The number of urea groups is 1. The quantitative estimate of drug-likeness (QED) is 0.535. The van der Waals surface area contributed by atoms with Gasteiger partial charge in [-0.25, -0.2) is 4.79 Å². The average molecular weight is 452 g/mol. The number of piperidine rings is 1. The topological polar surface area (TPSA) is 100 Å². The molecular formula is C23H25N5O3S. The second kappa shape index (κ2) is 10.3.